The van der Waals surface area contributed by atoms with Crippen molar-refractivity contribution < 1.29 is 0 Å². The number of aliphatic imine (C=N–C) groups is 1. The topological polar surface area (TPSA) is 66.5 Å². The van der Waals surface area contributed by atoms with Crippen LogP contribution >= 0.6 is 0 Å². The molecule has 2 heterocycles. The van der Waals surface area contributed by atoms with Crippen molar-refractivity contribution in [1.29, 1.82) is 0 Å². The lowest BCUT2D eigenvalue weighted by Crippen LogP contribution is -2.24. The van der Waals surface area contributed by atoms with Gasteiger partial charge in [-0.15, -0.1) is 0 Å². The van der Waals surface area contributed by atoms with E-state index in [1.807, 2.05) is 12.3 Å². The quantitative estimate of drug-likeness (QED) is 0.645. The number of anilines is 2. The Morgan fingerprint density at radius 2 is 1.85 bits per heavy atom. The fourth-order valence-electron chi connectivity index (χ4n) is 3.18. The Bertz CT molecular complexity index is 743. The normalized spacial score (nSPS) is 15.6. The molecule has 1 aromatic carbocycles. The van der Waals surface area contributed by atoms with Crippen LogP contribution < -0.4 is 16.0 Å². The van der Waals surface area contributed by atoms with Gasteiger partial charge in [-0.05, 0) is 61.6 Å². The fraction of sp³-hybridized carbons (Fsp3) is 0.429. The monoisotopic (exact) mass is 351 g/mol. The van der Waals surface area contributed by atoms with E-state index in [0.717, 1.165) is 30.2 Å². The first-order chi connectivity index (χ1) is 12.6. The Kier molecular flexibility index (Phi) is 6.10. The van der Waals surface area contributed by atoms with Crippen LogP contribution in [-0.2, 0) is 6.54 Å². The highest BCUT2D eigenvalue weighted by Gasteiger charge is 2.10. The van der Waals surface area contributed by atoms with E-state index in [9.17, 15) is 0 Å². The predicted octanol–water partition coefficient (Wildman–Crippen LogP) is 4.01. The second kappa shape index (κ2) is 8.70. The maximum absolute atomic E-state index is 6.02. The van der Waals surface area contributed by atoms with Gasteiger partial charge in [0.05, 0.1) is 6.54 Å². The summed E-state index contributed by atoms with van der Waals surface area (Å²) in [5.74, 6) is 1.49. The first-order valence-electron chi connectivity index (χ1n) is 9.46. The van der Waals surface area contributed by atoms with Crippen molar-refractivity contribution in [2.45, 2.75) is 46.1 Å². The Hall–Kier alpha value is -2.56. The van der Waals surface area contributed by atoms with Crippen LogP contribution in [0.25, 0.3) is 0 Å². The minimum atomic E-state index is 0.421. The average Bonchev–Trinajstić information content (AvgIpc) is 2.93. The molecule has 3 N–H and O–H groups in total. The molecule has 1 aliphatic heterocycles. The summed E-state index contributed by atoms with van der Waals surface area (Å²) in [6.07, 6.45) is 7.09. The largest absolute Gasteiger partial charge is 0.370 e. The molecule has 3 rings (SSSR count). The number of aryl methyl sites for hydroxylation is 2. The van der Waals surface area contributed by atoms with Crippen molar-refractivity contribution in [3.8, 4) is 0 Å². The number of nitrogens with zero attached hydrogens (tertiary/aromatic N) is 3. The second-order valence-electron chi connectivity index (χ2n) is 7.05. The van der Waals surface area contributed by atoms with E-state index < -0.39 is 0 Å². The predicted molar refractivity (Wildman–Crippen MR) is 110 cm³/mol. The van der Waals surface area contributed by atoms with E-state index in [4.69, 9.17) is 5.73 Å². The van der Waals surface area contributed by atoms with Gasteiger partial charge in [0.2, 0.25) is 0 Å². The zero-order valence-corrected chi connectivity index (χ0v) is 15.8. The Morgan fingerprint density at radius 3 is 2.50 bits per heavy atom. The average molecular weight is 351 g/mol. The van der Waals surface area contributed by atoms with Crippen LogP contribution in [0.1, 0.15) is 42.4 Å². The molecule has 5 heteroatoms. The van der Waals surface area contributed by atoms with Gasteiger partial charge in [0.15, 0.2) is 5.96 Å². The van der Waals surface area contributed by atoms with Crippen LogP contribution in [0.4, 0.5) is 11.5 Å². The lowest BCUT2D eigenvalue weighted by atomic mass is 10.1. The summed E-state index contributed by atoms with van der Waals surface area (Å²) in [6, 6.07) is 10.4. The minimum Gasteiger partial charge on any atom is -0.370 e. The molecule has 26 heavy (non-hydrogen) atoms. The molecule has 0 atom stereocenters. The van der Waals surface area contributed by atoms with Crippen LogP contribution in [-0.4, -0.2) is 24.0 Å². The van der Waals surface area contributed by atoms with Crippen LogP contribution in [0.15, 0.2) is 41.5 Å². The number of nitrogens with two attached hydrogens (primary N) is 1. The van der Waals surface area contributed by atoms with E-state index in [-0.39, 0.29) is 0 Å². The summed E-state index contributed by atoms with van der Waals surface area (Å²) in [4.78, 5) is 11.4. The molecule has 0 saturated carbocycles. The molecule has 5 nitrogen and oxygen atoms in total. The molecular formula is C21H29N5. The molecule has 0 amide bonds. The first kappa shape index (κ1) is 18.2. The zero-order valence-electron chi connectivity index (χ0n) is 15.8. The molecule has 0 bridgehead atoms. The van der Waals surface area contributed by atoms with E-state index >= 15 is 0 Å². The summed E-state index contributed by atoms with van der Waals surface area (Å²) in [5, 5.41) is 3.15. The van der Waals surface area contributed by atoms with Gasteiger partial charge in [-0.2, -0.15) is 0 Å². The highest BCUT2D eigenvalue weighted by Crippen LogP contribution is 2.18. The van der Waals surface area contributed by atoms with E-state index in [1.54, 1.807) is 0 Å². The van der Waals surface area contributed by atoms with Gasteiger partial charge in [0.25, 0.3) is 0 Å². The maximum atomic E-state index is 6.02. The molecule has 0 unspecified atom stereocenters. The highest BCUT2D eigenvalue weighted by molar-refractivity contribution is 5.92. The van der Waals surface area contributed by atoms with Gasteiger partial charge in [-0.3, -0.25) is 0 Å². The lowest BCUT2D eigenvalue weighted by molar-refractivity contribution is 0.726. The third-order valence-electron chi connectivity index (χ3n) is 4.95. The van der Waals surface area contributed by atoms with Gasteiger partial charge in [0, 0.05) is 25.0 Å². The van der Waals surface area contributed by atoms with Gasteiger partial charge in [-0.1, -0.05) is 25.0 Å². The third-order valence-corrected chi connectivity index (χ3v) is 4.95. The molecule has 1 saturated heterocycles. The Morgan fingerprint density at radius 1 is 1.08 bits per heavy atom. The SMILES string of the molecule is Cc1ccc(NC(N)=NCc2ccc(N3CCCCCC3)nc2)cc1C. The van der Waals surface area contributed by atoms with Gasteiger partial charge in [-0.25, -0.2) is 9.98 Å². The number of guanidine groups is 1. The van der Waals surface area contributed by atoms with Gasteiger partial charge >= 0.3 is 0 Å². The summed E-state index contributed by atoms with van der Waals surface area (Å²) >= 11 is 0. The number of nitrogens with one attached hydrogen (secondary N) is 1. The van der Waals surface area contributed by atoms with Crippen molar-refractivity contribution >= 4 is 17.5 Å². The number of benzene rings is 1. The third kappa shape index (κ3) is 4.97. The smallest absolute Gasteiger partial charge is 0.193 e. The van der Waals surface area contributed by atoms with E-state index in [0.29, 0.717) is 12.5 Å². The first-order valence-corrected chi connectivity index (χ1v) is 9.46. The van der Waals surface area contributed by atoms with Crippen molar-refractivity contribution in [2.24, 2.45) is 10.7 Å². The summed E-state index contributed by atoms with van der Waals surface area (Å²) in [6.45, 7) is 6.93. The van der Waals surface area contributed by atoms with Crippen LogP contribution in [0.2, 0.25) is 0 Å². The Labute approximate surface area is 156 Å². The number of aromatic nitrogens is 1. The molecule has 138 valence electrons. The highest BCUT2D eigenvalue weighted by atomic mass is 15.2. The lowest BCUT2D eigenvalue weighted by Gasteiger charge is -2.21. The second-order valence-corrected chi connectivity index (χ2v) is 7.05. The summed E-state index contributed by atoms with van der Waals surface area (Å²) in [7, 11) is 0. The summed E-state index contributed by atoms with van der Waals surface area (Å²) < 4.78 is 0. The van der Waals surface area contributed by atoms with Crippen LogP contribution in [0.3, 0.4) is 0 Å². The minimum absolute atomic E-state index is 0.421. The number of rotatable bonds is 4. The maximum Gasteiger partial charge on any atom is 0.193 e. The molecule has 2 aromatic rings. The van der Waals surface area contributed by atoms with Crippen molar-refractivity contribution in [1.82, 2.24) is 4.98 Å². The molecule has 1 aromatic heterocycles. The Balaban J connectivity index is 1.57. The van der Waals surface area contributed by atoms with Crippen LogP contribution in [0, 0.1) is 13.8 Å². The van der Waals surface area contributed by atoms with Crippen molar-refractivity contribution in [3.63, 3.8) is 0 Å². The summed E-state index contributed by atoms with van der Waals surface area (Å²) in [5.41, 5.74) is 10.5. The number of pyridine rings is 1. The van der Waals surface area contributed by atoms with E-state index in [1.165, 1.54) is 36.8 Å². The zero-order chi connectivity index (χ0) is 18.4. The fourth-order valence-corrected chi connectivity index (χ4v) is 3.18. The molecule has 0 radical (unpaired) electrons. The van der Waals surface area contributed by atoms with Gasteiger partial charge < -0.3 is 16.0 Å². The molecular weight excluding hydrogens is 322 g/mol. The molecule has 0 aliphatic carbocycles. The molecule has 1 fully saturated rings. The van der Waals surface area contributed by atoms with E-state index in [2.05, 4.69) is 58.3 Å². The van der Waals surface area contributed by atoms with Gasteiger partial charge in [0.1, 0.15) is 5.82 Å². The standard InChI is InChI=1S/C21H29N5/c1-16-7-9-19(13-17(16)2)25-21(22)24-15-18-8-10-20(23-14-18)26-11-5-3-4-6-12-26/h7-10,13-14H,3-6,11-12,15H2,1-2H3,(H3,22,24,25). The number of hydrogen-bond donors (Lipinski definition) is 2. The number of hydrogen-bond acceptors (Lipinski definition) is 3. The molecule has 1 aliphatic rings. The van der Waals surface area contributed by atoms with Crippen molar-refractivity contribution in [3.05, 3.63) is 53.2 Å². The molecule has 0 spiro atoms. The van der Waals surface area contributed by atoms with Crippen LogP contribution in [0.5, 0.6) is 0 Å². The van der Waals surface area contributed by atoms with Crippen molar-refractivity contribution in [2.75, 3.05) is 23.3 Å².